The summed E-state index contributed by atoms with van der Waals surface area (Å²) >= 11 is 1.65. The van der Waals surface area contributed by atoms with Gasteiger partial charge in [0.2, 0.25) is 0 Å². The molecule has 1 aromatic rings. The van der Waals surface area contributed by atoms with Gasteiger partial charge in [-0.3, -0.25) is 4.79 Å². The number of carbonyl (C=O) groups is 1. The van der Waals surface area contributed by atoms with Crippen LogP contribution in [0, 0.1) is 24.1 Å². The Hall–Kier alpha value is -1.54. The van der Waals surface area contributed by atoms with Crippen LogP contribution in [0.2, 0.25) is 0 Å². The lowest BCUT2D eigenvalue weighted by Gasteiger charge is -2.21. The van der Waals surface area contributed by atoms with Gasteiger partial charge in [-0.1, -0.05) is 0 Å². The topological polar surface area (TPSA) is 52.9 Å². The summed E-state index contributed by atoms with van der Waals surface area (Å²) in [5.41, 5.74) is 0.0409. The fourth-order valence-electron chi connectivity index (χ4n) is 1.86. The maximum Gasteiger partial charge on any atom is 0.252 e. The molecule has 0 radical (unpaired) electrons. The molecule has 0 spiro atoms. The minimum atomic E-state index is -0.774. The lowest BCUT2D eigenvalue weighted by molar-refractivity contribution is 0.0926. The normalized spacial score (nSPS) is 22.5. The van der Waals surface area contributed by atoms with Gasteiger partial charge >= 0.3 is 0 Å². The Morgan fingerprint density at radius 1 is 1.61 bits per heavy atom. The molecule has 0 aliphatic carbocycles. The molecule has 1 aromatic carbocycles. The van der Waals surface area contributed by atoms with E-state index < -0.39 is 5.54 Å². The first-order chi connectivity index (χ1) is 8.56. The quantitative estimate of drug-likeness (QED) is 0.891. The summed E-state index contributed by atoms with van der Waals surface area (Å²) < 4.78 is 13.1. The zero-order valence-electron chi connectivity index (χ0n) is 10.00. The second-order valence-corrected chi connectivity index (χ2v) is 5.52. The highest BCUT2D eigenvalue weighted by Gasteiger charge is 2.36. The van der Waals surface area contributed by atoms with Gasteiger partial charge in [0.15, 0.2) is 0 Å². The van der Waals surface area contributed by atoms with Gasteiger partial charge in [-0.25, -0.2) is 4.39 Å². The summed E-state index contributed by atoms with van der Waals surface area (Å²) in [4.78, 5) is 12.0. The molecule has 18 heavy (non-hydrogen) atoms. The van der Waals surface area contributed by atoms with Gasteiger partial charge in [-0.2, -0.15) is 17.0 Å². The number of benzene rings is 1. The zero-order valence-corrected chi connectivity index (χ0v) is 10.8. The van der Waals surface area contributed by atoms with Gasteiger partial charge in [-0.15, -0.1) is 0 Å². The number of hydrogen-bond acceptors (Lipinski definition) is 3. The molecule has 1 aliphatic heterocycles. The molecule has 1 fully saturated rings. The standard InChI is InChI=1S/C13H13FN2OS/c1-9-6-10(2-3-11(9)14)12(17)16-13(7-15)4-5-18-8-13/h2-3,6H,4-5,8H2,1H3,(H,16,17). The van der Waals surface area contributed by atoms with Crippen molar-refractivity contribution in [1.29, 1.82) is 5.26 Å². The average molecular weight is 264 g/mol. The lowest BCUT2D eigenvalue weighted by Crippen LogP contribution is -2.47. The fraction of sp³-hybridized carbons (Fsp3) is 0.385. The number of nitrogens with one attached hydrogen (secondary N) is 1. The number of nitrogens with zero attached hydrogens (tertiary/aromatic N) is 1. The largest absolute Gasteiger partial charge is 0.333 e. The first kappa shape index (κ1) is 12.9. The third kappa shape index (κ3) is 2.49. The molecule has 1 unspecified atom stereocenters. The molecule has 0 aromatic heterocycles. The van der Waals surface area contributed by atoms with Crippen LogP contribution in [0.15, 0.2) is 18.2 Å². The molecule has 1 atom stereocenters. The molecule has 5 heteroatoms. The van der Waals surface area contributed by atoms with Crippen LogP contribution in [0.5, 0.6) is 0 Å². The minimum absolute atomic E-state index is 0.317. The molecule has 1 N–H and O–H groups in total. The summed E-state index contributed by atoms with van der Waals surface area (Å²) in [5.74, 6) is 0.825. The summed E-state index contributed by atoms with van der Waals surface area (Å²) in [6.07, 6.45) is 0.653. The molecule has 0 saturated carbocycles. The number of aryl methyl sites for hydroxylation is 1. The number of halogens is 1. The van der Waals surface area contributed by atoms with Crippen LogP contribution in [0.4, 0.5) is 4.39 Å². The first-order valence-corrected chi connectivity index (χ1v) is 6.79. The first-order valence-electron chi connectivity index (χ1n) is 5.64. The molecule has 1 amide bonds. The number of hydrogen-bond donors (Lipinski definition) is 1. The fourth-order valence-corrected chi connectivity index (χ4v) is 3.12. The van der Waals surface area contributed by atoms with Crippen molar-refractivity contribution >= 4 is 17.7 Å². The van der Waals surface area contributed by atoms with Crippen molar-refractivity contribution in [1.82, 2.24) is 5.32 Å². The smallest absolute Gasteiger partial charge is 0.252 e. The molecular formula is C13H13FN2OS. The number of nitriles is 1. The second kappa shape index (κ2) is 4.99. The van der Waals surface area contributed by atoms with E-state index in [0.717, 1.165) is 5.75 Å². The van der Waals surface area contributed by atoms with Gasteiger partial charge in [0, 0.05) is 11.3 Å². The number of amides is 1. The minimum Gasteiger partial charge on any atom is -0.333 e. The van der Waals surface area contributed by atoms with E-state index in [1.165, 1.54) is 18.2 Å². The molecule has 1 aliphatic rings. The van der Waals surface area contributed by atoms with Gasteiger partial charge in [0.1, 0.15) is 11.4 Å². The van der Waals surface area contributed by atoms with Gasteiger partial charge < -0.3 is 5.32 Å². The van der Waals surface area contributed by atoms with E-state index in [-0.39, 0.29) is 11.7 Å². The number of thioether (sulfide) groups is 1. The van der Waals surface area contributed by atoms with Gasteiger partial charge in [0.05, 0.1) is 6.07 Å². The Kier molecular flexibility index (Phi) is 3.58. The highest BCUT2D eigenvalue weighted by atomic mass is 32.2. The third-order valence-corrected chi connectivity index (χ3v) is 4.20. The van der Waals surface area contributed by atoms with Crippen molar-refractivity contribution in [3.8, 4) is 6.07 Å². The SMILES string of the molecule is Cc1cc(C(=O)NC2(C#N)CCSC2)ccc1F. The van der Waals surface area contributed by atoms with Crippen molar-refractivity contribution in [2.24, 2.45) is 0 Å². The van der Waals surface area contributed by atoms with E-state index in [4.69, 9.17) is 0 Å². The van der Waals surface area contributed by atoms with Crippen molar-refractivity contribution in [2.45, 2.75) is 18.9 Å². The van der Waals surface area contributed by atoms with Crippen LogP contribution in [0.1, 0.15) is 22.3 Å². The molecule has 1 saturated heterocycles. The molecule has 94 valence electrons. The summed E-state index contributed by atoms with van der Waals surface area (Å²) in [6, 6.07) is 6.38. The zero-order chi connectivity index (χ0) is 13.2. The second-order valence-electron chi connectivity index (χ2n) is 4.41. The Morgan fingerprint density at radius 2 is 2.39 bits per heavy atom. The van der Waals surface area contributed by atoms with Crippen LogP contribution in [0.25, 0.3) is 0 Å². The number of carbonyl (C=O) groups excluding carboxylic acids is 1. The summed E-state index contributed by atoms with van der Waals surface area (Å²) in [6.45, 7) is 1.61. The van der Waals surface area contributed by atoms with Crippen molar-refractivity contribution in [3.63, 3.8) is 0 Å². The van der Waals surface area contributed by atoms with E-state index in [1.807, 2.05) is 0 Å². The molecule has 0 bridgehead atoms. The van der Waals surface area contributed by atoms with Crippen LogP contribution < -0.4 is 5.32 Å². The lowest BCUT2D eigenvalue weighted by atomic mass is 10.00. The van der Waals surface area contributed by atoms with Gasteiger partial charge in [0.25, 0.3) is 5.91 Å². The Labute approximate surface area is 109 Å². The average Bonchev–Trinajstić information content (AvgIpc) is 2.82. The van der Waals surface area contributed by atoms with E-state index >= 15 is 0 Å². The molecule has 2 rings (SSSR count). The van der Waals surface area contributed by atoms with Crippen molar-refractivity contribution in [2.75, 3.05) is 11.5 Å². The van der Waals surface area contributed by atoms with Crippen LogP contribution in [-0.2, 0) is 0 Å². The third-order valence-electron chi connectivity index (χ3n) is 3.01. The summed E-state index contributed by atoms with van der Waals surface area (Å²) in [7, 11) is 0. The van der Waals surface area contributed by atoms with E-state index in [1.54, 1.807) is 18.7 Å². The highest BCUT2D eigenvalue weighted by molar-refractivity contribution is 7.99. The summed E-state index contributed by atoms with van der Waals surface area (Å²) in [5, 5.41) is 11.9. The molecule has 3 nitrogen and oxygen atoms in total. The van der Waals surface area contributed by atoms with E-state index in [2.05, 4.69) is 11.4 Å². The predicted molar refractivity (Wildman–Crippen MR) is 68.9 cm³/mol. The molecule has 1 heterocycles. The van der Waals surface area contributed by atoms with Crippen molar-refractivity contribution in [3.05, 3.63) is 35.1 Å². The monoisotopic (exact) mass is 264 g/mol. The number of rotatable bonds is 2. The Balaban J connectivity index is 2.17. The van der Waals surface area contributed by atoms with E-state index in [9.17, 15) is 14.4 Å². The Morgan fingerprint density at radius 3 is 2.94 bits per heavy atom. The highest BCUT2D eigenvalue weighted by Crippen LogP contribution is 2.27. The predicted octanol–water partition coefficient (Wildman–Crippen LogP) is 2.26. The maximum atomic E-state index is 13.1. The van der Waals surface area contributed by atoms with Crippen LogP contribution >= 0.6 is 11.8 Å². The van der Waals surface area contributed by atoms with Crippen LogP contribution in [0.3, 0.4) is 0 Å². The van der Waals surface area contributed by atoms with E-state index in [0.29, 0.717) is 23.3 Å². The molecular weight excluding hydrogens is 251 g/mol. The van der Waals surface area contributed by atoms with Crippen LogP contribution in [-0.4, -0.2) is 23.0 Å². The Bertz CT molecular complexity index is 518. The van der Waals surface area contributed by atoms with Gasteiger partial charge in [-0.05, 0) is 42.9 Å². The maximum absolute atomic E-state index is 13.1. The van der Waals surface area contributed by atoms with Crippen molar-refractivity contribution < 1.29 is 9.18 Å².